The summed E-state index contributed by atoms with van der Waals surface area (Å²) in [6.45, 7) is 4.05. The van der Waals surface area contributed by atoms with Crippen LogP contribution in [0, 0.1) is 13.8 Å². The Bertz CT molecular complexity index is 538. The van der Waals surface area contributed by atoms with Crippen molar-refractivity contribution in [2.75, 3.05) is 5.73 Å². The number of rotatable bonds is 1. The summed E-state index contributed by atoms with van der Waals surface area (Å²) in [6.07, 6.45) is 2.42. The van der Waals surface area contributed by atoms with Crippen molar-refractivity contribution in [1.82, 2.24) is 4.98 Å². The van der Waals surface area contributed by atoms with E-state index in [1.54, 1.807) is 0 Å². The van der Waals surface area contributed by atoms with Gasteiger partial charge in [0.05, 0.1) is 0 Å². The average molecular weight is 202 g/mol. The number of nitrogens with two attached hydrogens (primary N) is 1. The molecule has 2 aromatic rings. The van der Waals surface area contributed by atoms with Gasteiger partial charge in [-0.3, -0.25) is 0 Å². The number of aromatic nitrogens is 1. The molecule has 0 amide bonds. The predicted molar refractivity (Wildman–Crippen MR) is 59.9 cm³/mol. The van der Waals surface area contributed by atoms with E-state index in [9.17, 15) is 0 Å². The molecule has 1 fully saturated rings. The molecule has 1 aromatic heterocycles. The smallest absolute Gasteiger partial charge is 0.198 e. The summed E-state index contributed by atoms with van der Waals surface area (Å²) >= 11 is 0. The minimum atomic E-state index is 0.554. The van der Waals surface area contributed by atoms with Crippen molar-refractivity contribution in [3.8, 4) is 0 Å². The van der Waals surface area contributed by atoms with Gasteiger partial charge in [0, 0.05) is 11.6 Å². The molecule has 1 aliphatic carbocycles. The second kappa shape index (κ2) is 2.75. The van der Waals surface area contributed by atoms with Crippen molar-refractivity contribution in [2.45, 2.75) is 32.6 Å². The molecule has 0 unspecified atom stereocenters. The molecule has 0 spiro atoms. The second-order valence-electron chi connectivity index (χ2n) is 4.39. The van der Waals surface area contributed by atoms with Gasteiger partial charge < -0.3 is 10.2 Å². The number of nitrogen functional groups attached to an aromatic ring is 1. The fourth-order valence-electron chi connectivity index (χ4n) is 1.86. The number of nitrogens with zero attached hydrogens (tertiary/aromatic N) is 1. The first-order valence-electron chi connectivity index (χ1n) is 5.33. The number of hydrogen-bond donors (Lipinski definition) is 1. The van der Waals surface area contributed by atoms with E-state index >= 15 is 0 Å². The molecule has 2 N–H and O–H groups in total. The Labute approximate surface area is 88.3 Å². The molecule has 0 radical (unpaired) electrons. The third kappa shape index (κ3) is 1.23. The van der Waals surface area contributed by atoms with Gasteiger partial charge in [-0.05, 0) is 43.9 Å². The van der Waals surface area contributed by atoms with Gasteiger partial charge in [0.15, 0.2) is 11.5 Å². The molecular formula is C12H14N2O. The predicted octanol–water partition coefficient (Wildman–Crippen LogP) is 2.90. The maximum Gasteiger partial charge on any atom is 0.198 e. The molecule has 1 heterocycles. The van der Waals surface area contributed by atoms with Crippen LogP contribution in [0.1, 0.15) is 35.8 Å². The lowest BCUT2D eigenvalue weighted by Gasteiger charge is -2.02. The van der Waals surface area contributed by atoms with Crippen LogP contribution in [0.25, 0.3) is 11.1 Å². The van der Waals surface area contributed by atoms with Crippen LogP contribution in [0.3, 0.4) is 0 Å². The summed E-state index contributed by atoms with van der Waals surface area (Å²) in [4.78, 5) is 4.49. The highest BCUT2D eigenvalue weighted by molar-refractivity contribution is 5.82. The first-order valence-corrected chi connectivity index (χ1v) is 5.33. The number of benzene rings is 1. The van der Waals surface area contributed by atoms with Crippen molar-refractivity contribution in [1.29, 1.82) is 0 Å². The van der Waals surface area contributed by atoms with E-state index < -0.39 is 0 Å². The monoisotopic (exact) mass is 202 g/mol. The van der Waals surface area contributed by atoms with E-state index in [2.05, 4.69) is 4.98 Å². The fraction of sp³-hybridized carbons (Fsp3) is 0.417. The topological polar surface area (TPSA) is 52.0 Å². The van der Waals surface area contributed by atoms with E-state index in [4.69, 9.17) is 10.2 Å². The average Bonchev–Trinajstić information content (AvgIpc) is 2.97. The van der Waals surface area contributed by atoms with Gasteiger partial charge in [-0.1, -0.05) is 0 Å². The summed E-state index contributed by atoms with van der Waals surface area (Å²) in [5, 5.41) is 0. The zero-order valence-corrected chi connectivity index (χ0v) is 9.00. The molecule has 0 bridgehead atoms. The quantitative estimate of drug-likeness (QED) is 0.723. The van der Waals surface area contributed by atoms with Gasteiger partial charge in [0.2, 0.25) is 0 Å². The number of aryl methyl sites for hydroxylation is 1. The van der Waals surface area contributed by atoms with E-state index in [0.717, 1.165) is 33.8 Å². The summed E-state index contributed by atoms with van der Waals surface area (Å²) < 4.78 is 5.79. The van der Waals surface area contributed by atoms with Crippen LogP contribution in [0.5, 0.6) is 0 Å². The Kier molecular flexibility index (Phi) is 1.61. The van der Waals surface area contributed by atoms with Gasteiger partial charge in [-0.25, -0.2) is 4.98 Å². The molecule has 1 aromatic carbocycles. The normalized spacial score (nSPS) is 16.1. The van der Waals surface area contributed by atoms with Crippen molar-refractivity contribution in [3.05, 3.63) is 23.1 Å². The Balaban J connectivity index is 2.29. The van der Waals surface area contributed by atoms with Crippen LogP contribution in [0.4, 0.5) is 5.69 Å². The highest BCUT2D eigenvalue weighted by Gasteiger charge is 2.29. The number of anilines is 1. The lowest BCUT2D eigenvalue weighted by molar-refractivity contribution is 0.531. The second-order valence-corrected chi connectivity index (χ2v) is 4.39. The largest absolute Gasteiger partial charge is 0.440 e. The van der Waals surface area contributed by atoms with Crippen LogP contribution in [-0.2, 0) is 0 Å². The molecule has 78 valence electrons. The third-order valence-electron chi connectivity index (χ3n) is 3.22. The third-order valence-corrected chi connectivity index (χ3v) is 3.22. The molecule has 15 heavy (non-hydrogen) atoms. The van der Waals surface area contributed by atoms with Gasteiger partial charge in [-0.2, -0.15) is 0 Å². The standard InChI is InChI=1S/C12H14N2O/c1-6-7(2)11-10(5-9(6)13)14-12(15-11)8-3-4-8/h5,8H,3-4,13H2,1-2H3. The molecule has 0 saturated heterocycles. The van der Waals surface area contributed by atoms with Gasteiger partial charge in [0.25, 0.3) is 0 Å². The minimum Gasteiger partial charge on any atom is -0.440 e. The lowest BCUT2D eigenvalue weighted by Crippen LogP contribution is -1.92. The summed E-state index contributed by atoms with van der Waals surface area (Å²) in [5.74, 6) is 1.44. The maximum absolute atomic E-state index is 5.91. The van der Waals surface area contributed by atoms with E-state index in [-0.39, 0.29) is 0 Å². The molecule has 3 rings (SSSR count). The van der Waals surface area contributed by atoms with E-state index in [0.29, 0.717) is 5.92 Å². The Morgan fingerprint density at radius 1 is 1.33 bits per heavy atom. The van der Waals surface area contributed by atoms with E-state index in [1.807, 2.05) is 19.9 Å². The Hall–Kier alpha value is -1.51. The van der Waals surface area contributed by atoms with Crippen molar-refractivity contribution < 1.29 is 4.42 Å². The van der Waals surface area contributed by atoms with Gasteiger partial charge in [0.1, 0.15) is 5.52 Å². The zero-order valence-electron chi connectivity index (χ0n) is 9.00. The number of hydrogen-bond acceptors (Lipinski definition) is 3. The summed E-state index contributed by atoms with van der Waals surface area (Å²) in [6, 6.07) is 1.91. The van der Waals surface area contributed by atoms with Crippen LogP contribution in [0.15, 0.2) is 10.5 Å². The van der Waals surface area contributed by atoms with Crippen molar-refractivity contribution in [3.63, 3.8) is 0 Å². The first kappa shape index (κ1) is 8.77. The SMILES string of the molecule is Cc1c(N)cc2nc(C3CC3)oc2c1C. The van der Waals surface area contributed by atoms with Crippen molar-refractivity contribution >= 4 is 16.8 Å². The molecule has 1 aliphatic rings. The molecule has 0 aliphatic heterocycles. The molecule has 0 atom stereocenters. The van der Waals surface area contributed by atoms with Gasteiger partial charge >= 0.3 is 0 Å². The fourth-order valence-corrected chi connectivity index (χ4v) is 1.86. The van der Waals surface area contributed by atoms with Crippen LogP contribution < -0.4 is 5.73 Å². The highest BCUT2D eigenvalue weighted by atomic mass is 16.3. The molecular weight excluding hydrogens is 188 g/mol. The van der Waals surface area contributed by atoms with Crippen LogP contribution in [0.2, 0.25) is 0 Å². The maximum atomic E-state index is 5.91. The van der Waals surface area contributed by atoms with Crippen molar-refractivity contribution in [2.24, 2.45) is 0 Å². The molecule has 3 heteroatoms. The Morgan fingerprint density at radius 2 is 2.07 bits per heavy atom. The molecule has 3 nitrogen and oxygen atoms in total. The molecule has 1 saturated carbocycles. The highest BCUT2D eigenvalue weighted by Crippen LogP contribution is 2.41. The summed E-state index contributed by atoms with van der Waals surface area (Å²) in [7, 11) is 0. The van der Waals surface area contributed by atoms with Crippen LogP contribution in [-0.4, -0.2) is 4.98 Å². The number of fused-ring (bicyclic) bond motifs is 1. The lowest BCUT2D eigenvalue weighted by atomic mass is 10.1. The Morgan fingerprint density at radius 3 is 2.73 bits per heavy atom. The zero-order chi connectivity index (χ0) is 10.6. The summed E-state index contributed by atoms with van der Waals surface area (Å²) in [5.41, 5.74) is 10.7. The van der Waals surface area contributed by atoms with Crippen LogP contribution >= 0.6 is 0 Å². The minimum absolute atomic E-state index is 0.554. The van der Waals surface area contributed by atoms with E-state index in [1.165, 1.54) is 12.8 Å². The number of oxazole rings is 1. The first-order chi connectivity index (χ1) is 7.16. The van der Waals surface area contributed by atoms with Gasteiger partial charge in [-0.15, -0.1) is 0 Å².